The summed E-state index contributed by atoms with van der Waals surface area (Å²) < 4.78 is 1.82. The molecule has 0 radical (unpaired) electrons. The molecule has 4 nitrogen and oxygen atoms in total. The van der Waals surface area contributed by atoms with E-state index in [9.17, 15) is 0 Å². The van der Waals surface area contributed by atoms with Crippen molar-refractivity contribution in [2.75, 3.05) is 5.73 Å². The predicted octanol–water partition coefficient (Wildman–Crippen LogP) is 0.311. The third kappa shape index (κ3) is 0.556. The summed E-state index contributed by atoms with van der Waals surface area (Å²) in [6, 6.07) is 0. The summed E-state index contributed by atoms with van der Waals surface area (Å²) in [6.07, 6.45) is 6.82. The van der Waals surface area contributed by atoms with Gasteiger partial charge in [0.05, 0.1) is 12.5 Å². The van der Waals surface area contributed by atoms with Crippen molar-refractivity contribution in [1.29, 1.82) is 0 Å². The van der Waals surface area contributed by atoms with E-state index in [2.05, 4.69) is 9.97 Å². The number of aromatic nitrogens is 3. The van der Waals surface area contributed by atoms with Gasteiger partial charge in [-0.25, -0.2) is 9.97 Å². The summed E-state index contributed by atoms with van der Waals surface area (Å²) in [5.41, 5.74) is 6.38. The topological polar surface area (TPSA) is 56.2 Å². The van der Waals surface area contributed by atoms with E-state index in [4.69, 9.17) is 5.73 Å². The highest BCUT2D eigenvalue weighted by atomic mass is 15.0. The number of nitrogens with two attached hydrogens (primary N) is 1. The van der Waals surface area contributed by atoms with Gasteiger partial charge in [-0.15, -0.1) is 0 Å². The highest BCUT2D eigenvalue weighted by molar-refractivity contribution is 5.63. The van der Waals surface area contributed by atoms with Gasteiger partial charge in [-0.05, 0) is 0 Å². The Balaban J connectivity index is 2.95. The van der Waals surface area contributed by atoms with Crippen molar-refractivity contribution in [2.24, 2.45) is 0 Å². The zero-order chi connectivity index (χ0) is 6.97. The minimum absolute atomic E-state index is 0.514. The molecule has 0 saturated heterocycles. The Morgan fingerprint density at radius 3 is 3.20 bits per heavy atom. The highest BCUT2D eigenvalue weighted by Gasteiger charge is 1.95. The Bertz CT molecular complexity index is 351. The molecule has 0 fully saturated rings. The van der Waals surface area contributed by atoms with Gasteiger partial charge in [0.15, 0.2) is 0 Å². The predicted molar refractivity (Wildman–Crippen MR) is 37.4 cm³/mol. The summed E-state index contributed by atoms with van der Waals surface area (Å²) in [5, 5.41) is 0. The molecule has 50 valence electrons. The van der Waals surface area contributed by atoms with E-state index in [-0.39, 0.29) is 0 Å². The molecule has 0 aromatic carbocycles. The van der Waals surface area contributed by atoms with Crippen molar-refractivity contribution in [2.45, 2.75) is 0 Å². The summed E-state index contributed by atoms with van der Waals surface area (Å²) in [4.78, 5) is 7.80. The van der Waals surface area contributed by atoms with E-state index in [0.29, 0.717) is 5.82 Å². The van der Waals surface area contributed by atoms with E-state index in [1.54, 1.807) is 24.9 Å². The van der Waals surface area contributed by atoms with E-state index in [1.807, 2.05) is 4.40 Å². The monoisotopic (exact) mass is 134 g/mol. The first-order valence-corrected chi connectivity index (χ1v) is 2.90. The SMILES string of the molecule is Nc1nccn2cncc12. The first-order valence-electron chi connectivity index (χ1n) is 2.90. The second-order valence-corrected chi connectivity index (χ2v) is 2.00. The molecule has 0 unspecified atom stereocenters. The Kier molecular flexibility index (Phi) is 0.887. The van der Waals surface area contributed by atoms with Crippen LogP contribution in [0.1, 0.15) is 0 Å². The van der Waals surface area contributed by atoms with Crippen LogP contribution >= 0.6 is 0 Å². The van der Waals surface area contributed by atoms with Gasteiger partial charge in [-0.1, -0.05) is 0 Å². The van der Waals surface area contributed by atoms with Gasteiger partial charge in [0.25, 0.3) is 0 Å². The van der Waals surface area contributed by atoms with Gasteiger partial charge >= 0.3 is 0 Å². The second-order valence-electron chi connectivity index (χ2n) is 2.00. The number of hydrogen-bond acceptors (Lipinski definition) is 3. The summed E-state index contributed by atoms with van der Waals surface area (Å²) in [5.74, 6) is 0.514. The lowest BCUT2D eigenvalue weighted by Crippen LogP contribution is -1.92. The van der Waals surface area contributed by atoms with Crippen LogP contribution < -0.4 is 5.73 Å². The third-order valence-electron chi connectivity index (χ3n) is 1.37. The van der Waals surface area contributed by atoms with Crippen LogP contribution in [-0.4, -0.2) is 14.4 Å². The maximum absolute atomic E-state index is 5.53. The Morgan fingerprint density at radius 2 is 2.40 bits per heavy atom. The lowest BCUT2D eigenvalue weighted by atomic mass is 10.5. The summed E-state index contributed by atoms with van der Waals surface area (Å²) >= 11 is 0. The van der Waals surface area contributed by atoms with Crippen molar-refractivity contribution < 1.29 is 0 Å². The lowest BCUT2D eigenvalue weighted by molar-refractivity contribution is 1.12. The van der Waals surface area contributed by atoms with Crippen LogP contribution in [0.15, 0.2) is 24.9 Å². The summed E-state index contributed by atoms with van der Waals surface area (Å²) in [6.45, 7) is 0. The molecular weight excluding hydrogens is 128 g/mol. The van der Waals surface area contributed by atoms with Gasteiger partial charge in [0, 0.05) is 12.4 Å². The van der Waals surface area contributed by atoms with Crippen molar-refractivity contribution in [3.05, 3.63) is 24.9 Å². The maximum atomic E-state index is 5.53. The number of rotatable bonds is 0. The van der Waals surface area contributed by atoms with E-state index in [0.717, 1.165) is 5.52 Å². The first-order chi connectivity index (χ1) is 4.88. The molecule has 4 heteroatoms. The number of imidazole rings is 1. The molecule has 2 heterocycles. The quantitative estimate of drug-likeness (QED) is 0.564. The van der Waals surface area contributed by atoms with Gasteiger partial charge < -0.3 is 10.1 Å². The lowest BCUT2D eigenvalue weighted by Gasteiger charge is -1.93. The molecule has 0 aliphatic heterocycles. The summed E-state index contributed by atoms with van der Waals surface area (Å²) in [7, 11) is 0. The number of nitrogen functional groups attached to an aromatic ring is 1. The van der Waals surface area contributed by atoms with E-state index in [1.165, 1.54) is 0 Å². The molecule has 2 N–H and O–H groups in total. The van der Waals surface area contributed by atoms with Crippen LogP contribution in [0.2, 0.25) is 0 Å². The molecule has 2 aromatic rings. The van der Waals surface area contributed by atoms with Crippen molar-refractivity contribution in [1.82, 2.24) is 14.4 Å². The molecule has 0 bridgehead atoms. The van der Waals surface area contributed by atoms with Crippen molar-refractivity contribution in [3.8, 4) is 0 Å². The smallest absolute Gasteiger partial charge is 0.149 e. The number of nitrogens with zero attached hydrogens (tertiary/aromatic N) is 3. The molecular formula is C6H6N4. The van der Waals surface area contributed by atoms with Gasteiger partial charge in [-0.2, -0.15) is 0 Å². The minimum atomic E-state index is 0.514. The van der Waals surface area contributed by atoms with Crippen LogP contribution in [0.25, 0.3) is 5.52 Å². The number of anilines is 1. The Morgan fingerprint density at radius 1 is 1.50 bits per heavy atom. The van der Waals surface area contributed by atoms with Crippen LogP contribution in [0.5, 0.6) is 0 Å². The van der Waals surface area contributed by atoms with Gasteiger partial charge in [0.1, 0.15) is 11.3 Å². The van der Waals surface area contributed by atoms with Gasteiger partial charge in [-0.3, -0.25) is 0 Å². The van der Waals surface area contributed by atoms with Gasteiger partial charge in [0.2, 0.25) is 0 Å². The number of fused-ring (bicyclic) bond motifs is 1. The largest absolute Gasteiger partial charge is 0.382 e. The molecule has 0 spiro atoms. The molecule has 0 aliphatic carbocycles. The average Bonchev–Trinajstić information content (AvgIpc) is 2.36. The molecule has 0 amide bonds. The molecule has 10 heavy (non-hydrogen) atoms. The van der Waals surface area contributed by atoms with Crippen LogP contribution in [0.3, 0.4) is 0 Å². The molecule has 2 rings (SSSR count). The maximum Gasteiger partial charge on any atom is 0.149 e. The Hall–Kier alpha value is -1.58. The van der Waals surface area contributed by atoms with Crippen molar-refractivity contribution >= 4 is 11.3 Å². The first kappa shape index (κ1) is 5.22. The standard InChI is InChI=1S/C6H6N4/c7-6-5-3-8-4-10(5)2-1-9-6/h1-4H,(H2,7,9). The minimum Gasteiger partial charge on any atom is -0.382 e. The normalized spacial score (nSPS) is 10.4. The number of hydrogen-bond donors (Lipinski definition) is 1. The molecule has 0 atom stereocenters. The fraction of sp³-hybridized carbons (Fsp3) is 0. The van der Waals surface area contributed by atoms with E-state index < -0.39 is 0 Å². The molecule has 2 aromatic heterocycles. The molecule has 0 aliphatic rings. The van der Waals surface area contributed by atoms with Crippen LogP contribution in [0, 0.1) is 0 Å². The van der Waals surface area contributed by atoms with Crippen LogP contribution in [-0.2, 0) is 0 Å². The van der Waals surface area contributed by atoms with Crippen LogP contribution in [0.4, 0.5) is 5.82 Å². The fourth-order valence-corrected chi connectivity index (χ4v) is 0.873. The fourth-order valence-electron chi connectivity index (χ4n) is 0.873. The molecule has 0 saturated carbocycles. The third-order valence-corrected chi connectivity index (χ3v) is 1.37. The highest BCUT2D eigenvalue weighted by Crippen LogP contribution is 2.06. The zero-order valence-electron chi connectivity index (χ0n) is 5.23. The zero-order valence-corrected chi connectivity index (χ0v) is 5.23. The Labute approximate surface area is 57.3 Å². The average molecular weight is 134 g/mol. The van der Waals surface area contributed by atoms with E-state index >= 15 is 0 Å². The second kappa shape index (κ2) is 1.70. The van der Waals surface area contributed by atoms with Crippen molar-refractivity contribution in [3.63, 3.8) is 0 Å².